The fourth-order valence-electron chi connectivity index (χ4n) is 2.98. The third-order valence-electron chi connectivity index (χ3n) is 4.72. The van der Waals surface area contributed by atoms with Gasteiger partial charge in [0.15, 0.2) is 0 Å². The van der Waals surface area contributed by atoms with Crippen molar-refractivity contribution in [1.29, 1.82) is 0 Å². The highest BCUT2D eigenvalue weighted by Gasteiger charge is 2.38. The van der Waals surface area contributed by atoms with Gasteiger partial charge in [-0.15, -0.1) is 12.4 Å². The van der Waals surface area contributed by atoms with Gasteiger partial charge in [0.05, 0.1) is 11.8 Å². The topological polar surface area (TPSA) is 59.0 Å². The van der Waals surface area contributed by atoms with Crippen molar-refractivity contribution >= 4 is 24.0 Å². The van der Waals surface area contributed by atoms with Crippen LogP contribution in [0.25, 0.3) is 0 Å². The monoisotopic (exact) mass is 346 g/mol. The summed E-state index contributed by atoms with van der Waals surface area (Å²) in [6.07, 6.45) is 7.31. The van der Waals surface area contributed by atoms with E-state index in [1.807, 2.05) is 12.1 Å². The van der Waals surface area contributed by atoms with Gasteiger partial charge in [-0.1, -0.05) is 12.1 Å². The molecule has 4 rings (SSSR count). The summed E-state index contributed by atoms with van der Waals surface area (Å²) < 4.78 is 1.62. The van der Waals surface area contributed by atoms with Crippen LogP contribution in [0.5, 0.6) is 0 Å². The van der Waals surface area contributed by atoms with Gasteiger partial charge in [0.1, 0.15) is 0 Å². The molecule has 128 valence electrons. The zero-order chi connectivity index (χ0) is 15.8. The molecule has 0 radical (unpaired) electrons. The first-order chi connectivity index (χ1) is 11.2. The Morgan fingerprint density at radius 2 is 2.04 bits per heavy atom. The number of carbonyl (C=O) groups is 1. The van der Waals surface area contributed by atoms with Crippen LogP contribution in [0.4, 0.5) is 5.69 Å². The maximum atomic E-state index is 12.1. The van der Waals surface area contributed by atoms with Crippen LogP contribution < -0.4 is 10.6 Å². The lowest BCUT2D eigenvalue weighted by Crippen LogP contribution is -2.20. The molecular formula is C18H23ClN4O. The number of amides is 1. The zero-order valence-electron chi connectivity index (χ0n) is 13.7. The first-order valence-electron chi connectivity index (χ1n) is 8.32. The summed E-state index contributed by atoms with van der Waals surface area (Å²) in [5.74, 6) is 1.44. The normalized spacial score (nSPS) is 21.9. The summed E-state index contributed by atoms with van der Waals surface area (Å²) in [6.45, 7) is 1.18. The van der Waals surface area contributed by atoms with Crippen LogP contribution in [-0.2, 0) is 7.05 Å². The fourth-order valence-corrected chi connectivity index (χ4v) is 2.98. The van der Waals surface area contributed by atoms with Crippen LogP contribution in [0.2, 0.25) is 0 Å². The van der Waals surface area contributed by atoms with E-state index in [9.17, 15) is 4.79 Å². The SMILES string of the molecule is Cl.Cn1cc(C(=O)Nc2ccc([C@H]3C[C@@H]3NCC3CC3)cc2)cn1. The van der Waals surface area contributed by atoms with Gasteiger partial charge in [-0.25, -0.2) is 0 Å². The summed E-state index contributed by atoms with van der Waals surface area (Å²) in [5, 5.41) is 10.6. The van der Waals surface area contributed by atoms with Gasteiger partial charge in [-0.05, 0) is 49.4 Å². The van der Waals surface area contributed by atoms with E-state index in [1.165, 1.54) is 31.4 Å². The number of aromatic nitrogens is 2. The van der Waals surface area contributed by atoms with Crippen molar-refractivity contribution in [1.82, 2.24) is 15.1 Å². The molecule has 0 bridgehead atoms. The van der Waals surface area contributed by atoms with Gasteiger partial charge in [0.25, 0.3) is 5.91 Å². The molecule has 2 atom stereocenters. The van der Waals surface area contributed by atoms with E-state index in [1.54, 1.807) is 24.1 Å². The molecule has 2 N–H and O–H groups in total. The molecule has 5 nitrogen and oxygen atoms in total. The van der Waals surface area contributed by atoms with Crippen molar-refractivity contribution < 1.29 is 4.79 Å². The Bertz CT molecular complexity index is 708. The van der Waals surface area contributed by atoms with E-state index in [0.29, 0.717) is 17.5 Å². The lowest BCUT2D eigenvalue weighted by molar-refractivity contribution is 0.102. The molecule has 24 heavy (non-hydrogen) atoms. The summed E-state index contributed by atoms with van der Waals surface area (Å²) in [4.78, 5) is 12.1. The Morgan fingerprint density at radius 3 is 2.67 bits per heavy atom. The van der Waals surface area contributed by atoms with Crippen LogP contribution >= 0.6 is 12.4 Å². The minimum absolute atomic E-state index is 0. The Labute approximate surface area is 148 Å². The number of rotatable bonds is 6. The van der Waals surface area contributed by atoms with Gasteiger partial charge >= 0.3 is 0 Å². The number of nitrogens with one attached hydrogen (secondary N) is 2. The molecule has 6 heteroatoms. The Kier molecular flexibility index (Phi) is 4.92. The highest BCUT2D eigenvalue weighted by molar-refractivity contribution is 6.03. The van der Waals surface area contributed by atoms with Crippen LogP contribution in [0.1, 0.15) is 41.1 Å². The van der Waals surface area contributed by atoms with Gasteiger partial charge in [0, 0.05) is 30.9 Å². The lowest BCUT2D eigenvalue weighted by Gasteiger charge is -2.06. The van der Waals surface area contributed by atoms with E-state index in [0.717, 1.165) is 11.6 Å². The molecule has 1 aromatic heterocycles. The largest absolute Gasteiger partial charge is 0.322 e. The number of halogens is 1. The Morgan fingerprint density at radius 1 is 1.29 bits per heavy atom. The van der Waals surface area contributed by atoms with Crippen LogP contribution in [0.15, 0.2) is 36.7 Å². The average Bonchev–Trinajstić information content (AvgIpc) is 3.45. The summed E-state index contributed by atoms with van der Waals surface area (Å²) in [7, 11) is 1.80. The maximum absolute atomic E-state index is 12.1. The number of carbonyl (C=O) groups excluding carboxylic acids is 1. The predicted octanol–water partition coefficient (Wildman–Crippen LogP) is 2.95. The minimum Gasteiger partial charge on any atom is -0.322 e. The number of anilines is 1. The van der Waals surface area contributed by atoms with Crippen molar-refractivity contribution in [2.24, 2.45) is 13.0 Å². The van der Waals surface area contributed by atoms with E-state index in [4.69, 9.17) is 0 Å². The molecule has 2 aliphatic carbocycles. The third-order valence-corrected chi connectivity index (χ3v) is 4.72. The van der Waals surface area contributed by atoms with Crippen molar-refractivity contribution in [2.45, 2.75) is 31.2 Å². The van der Waals surface area contributed by atoms with Crippen LogP contribution in [-0.4, -0.2) is 28.3 Å². The number of nitrogens with zero attached hydrogens (tertiary/aromatic N) is 2. The first-order valence-corrected chi connectivity index (χ1v) is 8.32. The zero-order valence-corrected chi connectivity index (χ0v) is 14.6. The minimum atomic E-state index is -0.124. The average molecular weight is 347 g/mol. The number of benzene rings is 1. The molecule has 1 aromatic carbocycles. The van der Waals surface area contributed by atoms with Gasteiger partial charge < -0.3 is 10.6 Å². The van der Waals surface area contributed by atoms with E-state index >= 15 is 0 Å². The van der Waals surface area contributed by atoms with Crippen molar-refractivity contribution in [2.75, 3.05) is 11.9 Å². The number of hydrogen-bond acceptors (Lipinski definition) is 3. The van der Waals surface area contributed by atoms with E-state index in [2.05, 4.69) is 27.9 Å². The summed E-state index contributed by atoms with van der Waals surface area (Å²) in [5.41, 5.74) is 2.76. The molecule has 1 heterocycles. The predicted molar refractivity (Wildman–Crippen MR) is 96.7 cm³/mol. The molecule has 0 aliphatic heterocycles. The maximum Gasteiger partial charge on any atom is 0.258 e. The number of hydrogen-bond donors (Lipinski definition) is 2. The molecule has 2 fully saturated rings. The summed E-state index contributed by atoms with van der Waals surface area (Å²) in [6, 6.07) is 8.87. The lowest BCUT2D eigenvalue weighted by atomic mass is 10.1. The van der Waals surface area contributed by atoms with E-state index < -0.39 is 0 Å². The quantitative estimate of drug-likeness (QED) is 0.845. The summed E-state index contributed by atoms with van der Waals surface area (Å²) >= 11 is 0. The molecule has 2 saturated carbocycles. The van der Waals surface area contributed by atoms with Crippen LogP contribution in [0.3, 0.4) is 0 Å². The second-order valence-corrected chi connectivity index (χ2v) is 6.78. The van der Waals surface area contributed by atoms with Gasteiger partial charge in [-0.3, -0.25) is 9.48 Å². The first kappa shape index (κ1) is 17.0. The molecule has 0 saturated heterocycles. The van der Waals surface area contributed by atoms with Crippen molar-refractivity contribution in [3.8, 4) is 0 Å². The highest BCUT2D eigenvalue weighted by Crippen LogP contribution is 2.41. The van der Waals surface area contributed by atoms with Gasteiger partial charge in [-0.2, -0.15) is 5.10 Å². The van der Waals surface area contributed by atoms with Crippen LogP contribution in [0, 0.1) is 5.92 Å². The highest BCUT2D eigenvalue weighted by atomic mass is 35.5. The second kappa shape index (κ2) is 6.95. The molecule has 0 unspecified atom stereocenters. The Balaban J connectivity index is 0.00000169. The van der Waals surface area contributed by atoms with Gasteiger partial charge in [0.2, 0.25) is 0 Å². The Hall–Kier alpha value is -1.85. The third kappa shape index (κ3) is 3.97. The standard InChI is InChI=1S/C18H22N4O.ClH/c1-22-11-14(10-20-22)18(23)21-15-6-4-13(5-7-15)16-8-17(16)19-9-12-2-3-12;/h4-7,10-12,16-17,19H,2-3,8-9H2,1H3,(H,21,23);1H/t16-,17+;/m1./s1. The molecular weight excluding hydrogens is 324 g/mol. The van der Waals surface area contributed by atoms with Crippen molar-refractivity contribution in [3.63, 3.8) is 0 Å². The molecule has 2 aliphatic rings. The molecule has 1 amide bonds. The molecule has 0 spiro atoms. The fraction of sp³-hybridized carbons (Fsp3) is 0.444. The van der Waals surface area contributed by atoms with Crippen molar-refractivity contribution in [3.05, 3.63) is 47.8 Å². The smallest absolute Gasteiger partial charge is 0.258 e. The molecule has 2 aromatic rings. The van der Waals surface area contributed by atoms with E-state index in [-0.39, 0.29) is 18.3 Å². The number of aryl methyl sites for hydroxylation is 1. The second-order valence-electron chi connectivity index (χ2n) is 6.78.